The molecular formula is C29H26F2N2O3. The zero-order valence-corrected chi connectivity index (χ0v) is 19.7. The Kier molecular flexibility index (Phi) is 6.57. The maximum absolute atomic E-state index is 14.8. The summed E-state index contributed by atoms with van der Waals surface area (Å²) in [5.41, 5.74) is 1.36. The molecule has 0 aromatic heterocycles. The minimum Gasteiger partial charge on any atom is -0.486 e. The van der Waals surface area contributed by atoms with Crippen LogP contribution >= 0.6 is 0 Å². The highest BCUT2D eigenvalue weighted by atomic mass is 19.1. The lowest BCUT2D eigenvalue weighted by molar-refractivity contribution is 0.0692. The molecule has 0 saturated carbocycles. The van der Waals surface area contributed by atoms with Crippen LogP contribution in [-0.2, 0) is 0 Å². The lowest BCUT2D eigenvalue weighted by atomic mass is 9.99. The Bertz CT molecular complexity index is 1420. The second kappa shape index (κ2) is 9.95. The van der Waals surface area contributed by atoms with Crippen LogP contribution in [0.15, 0.2) is 78.9 Å². The summed E-state index contributed by atoms with van der Waals surface area (Å²) in [4.78, 5) is 13.1. The number of carboxylic acids is 1. The van der Waals surface area contributed by atoms with Gasteiger partial charge in [-0.3, -0.25) is 0 Å². The maximum Gasteiger partial charge on any atom is 0.338 e. The van der Waals surface area contributed by atoms with Crippen molar-refractivity contribution in [1.29, 1.82) is 0 Å². The molecule has 2 atom stereocenters. The number of ether oxygens (including phenoxy) is 1. The Morgan fingerprint density at radius 3 is 2.67 bits per heavy atom. The number of nitrogens with zero attached hydrogens (tertiary/aromatic N) is 1. The van der Waals surface area contributed by atoms with Gasteiger partial charge in [-0.2, -0.15) is 0 Å². The van der Waals surface area contributed by atoms with Gasteiger partial charge in [-0.15, -0.1) is 0 Å². The quantitative estimate of drug-likeness (QED) is 0.313. The first-order valence-corrected chi connectivity index (χ1v) is 11.9. The van der Waals surface area contributed by atoms with Crippen LogP contribution in [0.5, 0.6) is 5.75 Å². The molecule has 36 heavy (non-hydrogen) atoms. The second-order valence-electron chi connectivity index (χ2n) is 8.94. The van der Waals surface area contributed by atoms with Crippen LogP contribution in [0.25, 0.3) is 10.8 Å². The number of carboxylic acid groups (broad SMARTS) is 1. The van der Waals surface area contributed by atoms with Crippen molar-refractivity contribution in [3.8, 4) is 5.75 Å². The van der Waals surface area contributed by atoms with E-state index in [0.717, 1.165) is 6.07 Å². The first kappa shape index (κ1) is 23.8. The number of aromatic carboxylic acids is 1. The fourth-order valence-corrected chi connectivity index (χ4v) is 4.79. The van der Waals surface area contributed by atoms with Crippen LogP contribution in [0.1, 0.15) is 35.3 Å². The van der Waals surface area contributed by atoms with Crippen molar-refractivity contribution in [3.05, 3.63) is 102 Å². The predicted octanol–water partition coefficient (Wildman–Crippen LogP) is 6.46. The Hall–Kier alpha value is -3.97. The van der Waals surface area contributed by atoms with Crippen LogP contribution in [0.3, 0.4) is 0 Å². The molecule has 5 rings (SSSR count). The van der Waals surface area contributed by atoms with Gasteiger partial charge in [-0.05, 0) is 66.6 Å². The average molecular weight is 489 g/mol. The van der Waals surface area contributed by atoms with E-state index in [9.17, 15) is 18.7 Å². The van der Waals surface area contributed by atoms with Gasteiger partial charge in [-0.25, -0.2) is 13.6 Å². The lowest BCUT2D eigenvalue weighted by Crippen LogP contribution is -2.39. The maximum atomic E-state index is 14.8. The Morgan fingerprint density at radius 1 is 1.06 bits per heavy atom. The third kappa shape index (κ3) is 4.62. The van der Waals surface area contributed by atoms with Crippen molar-refractivity contribution in [3.63, 3.8) is 0 Å². The van der Waals surface area contributed by atoms with Crippen LogP contribution in [0.2, 0.25) is 0 Å². The highest BCUT2D eigenvalue weighted by molar-refractivity contribution is 5.90. The summed E-state index contributed by atoms with van der Waals surface area (Å²) in [5.74, 6) is -2.33. The third-order valence-electron chi connectivity index (χ3n) is 6.60. The highest BCUT2D eigenvalue weighted by Crippen LogP contribution is 2.41. The first-order valence-electron chi connectivity index (χ1n) is 11.9. The normalized spacial score (nSPS) is 15.9. The van der Waals surface area contributed by atoms with Crippen LogP contribution < -0.4 is 15.0 Å². The molecule has 4 aromatic carbocycles. The largest absolute Gasteiger partial charge is 0.486 e. The molecule has 1 heterocycles. The number of halogens is 2. The number of benzene rings is 4. The molecule has 0 aliphatic carbocycles. The number of anilines is 2. The summed E-state index contributed by atoms with van der Waals surface area (Å²) in [6, 6.07) is 23.0. The summed E-state index contributed by atoms with van der Waals surface area (Å²) in [5, 5.41) is 15.3. The van der Waals surface area contributed by atoms with E-state index < -0.39 is 23.2 Å². The van der Waals surface area contributed by atoms with Crippen LogP contribution in [0.4, 0.5) is 20.2 Å². The van der Waals surface area contributed by atoms with Crippen molar-refractivity contribution in [2.75, 3.05) is 18.0 Å². The smallest absolute Gasteiger partial charge is 0.338 e. The predicted molar refractivity (Wildman–Crippen MR) is 136 cm³/mol. The lowest BCUT2D eigenvalue weighted by Gasteiger charge is -2.37. The molecule has 7 heteroatoms. The summed E-state index contributed by atoms with van der Waals surface area (Å²) >= 11 is 0. The topological polar surface area (TPSA) is 61.8 Å². The van der Waals surface area contributed by atoms with Gasteiger partial charge in [0.1, 0.15) is 23.4 Å². The van der Waals surface area contributed by atoms with Crippen molar-refractivity contribution < 1.29 is 23.4 Å². The van der Waals surface area contributed by atoms with Gasteiger partial charge in [-0.1, -0.05) is 48.5 Å². The Balaban J connectivity index is 1.34. The summed E-state index contributed by atoms with van der Waals surface area (Å²) < 4.78 is 34.9. The number of hydrogen-bond acceptors (Lipinski definition) is 4. The molecule has 0 fully saturated rings. The third-order valence-corrected chi connectivity index (χ3v) is 6.60. The van der Waals surface area contributed by atoms with Gasteiger partial charge >= 0.3 is 5.97 Å². The number of nitrogens with one attached hydrogen (secondary N) is 1. The molecule has 5 nitrogen and oxygen atoms in total. The molecule has 2 N–H and O–H groups in total. The summed E-state index contributed by atoms with van der Waals surface area (Å²) in [7, 11) is 0. The van der Waals surface area contributed by atoms with Crippen molar-refractivity contribution in [2.45, 2.75) is 25.5 Å². The standard InChI is InChI=1S/C29H26F2N2O3/c1-18(22-9-4-7-19-6-2-3-8-23(19)22)32-15-14-21-17-33(28-26(31)10-5-11-27(28)36-21)20-12-13-25(30)24(16-20)29(34)35/h2-13,16,18,21,32H,14-15,17H2,1H3,(H,34,35)/t18-,21?/m1/s1. The van der Waals surface area contributed by atoms with Gasteiger partial charge in [0.25, 0.3) is 0 Å². The van der Waals surface area contributed by atoms with E-state index in [0.29, 0.717) is 30.9 Å². The van der Waals surface area contributed by atoms with Gasteiger partial charge < -0.3 is 20.1 Å². The fraction of sp³-hybridized carbons (Fsp3) is 0.207. The van der Waals surface area contributed by atoms with E-state index in [1.54, 1.807) is 17.0 Å². The molecule has 1 aliphatic heterocycles. The van der Waals surface area contributed by atoms with Crippen molar-refractivity contribution in [1.82, 2.24) is 5.32 Å². The van der Waals surface area contributed by atoms with Gasteiger partial charge in [0.05, 0.1) is 12.1 Å². The second-order valence-corrected chi connectivity index (χ2v) is 8.94. The van der Waals surface area contributed by atoms with Gasteiger partial charge in [0.2, 0.25) is 0 Å². The van der Waals surface area contributed by atoms with Crippen LogP contribution in [-0.4, -0.2) is 30.3 Å². The van der Waals surface area contributed by atoms with E-state index in [4.69, 9.17) is 4.74 Å². The SMILES string of the molecule is C[C@@H](NCCC1CN(c2ccc(F)c(C(=O)O)c2)c2c(F)cccc2O1)c1cccc2ccccc12. The Morgan fingerprint density at radius 2 is 1.83 bits per heavy atom. The zero-order chi connectivity index (χ0) is 25.2. The number of carbonyl (C=O) groups is 1. The number of fused-ring (bicyclic) bond motifs is 2. The van der Waals surface area contributed by atoms with E-state index in [-0.39, 0.29) is 17.8 Å². The van der Waals surface area contributed by atoms with E-state index >= 15 is 0 Å². The summed E-state index contributed by atoms with van der Waals surface area (Å²) in [6.07, 6.45) is 0.346. The molecule has 0 saturated heterocycles. The Labute approximate surface area is 207 Å². The van der Waals surface area contributed by atoms with E-state index in [1.807, 2.05) is 12.1 Å². The van der Waals surface area contributed by atoms with Crippen molar-refractivity contribution in [2.24, 2.45) is 0 Å². The van der Waals surface area contributed by atoms with Crippen molar-refractivity contribution >= 4 is 28.1 Å². The minimum absolute atomic E-state index is 0.107. The number of rotatable bonds is 7. The summed E-state index contributed by atoms with van der Waals surface area (Å²) in [6.45, 7) is 3.06. The highest BCUT2D eigenvalue weighted by Gasteiger charge is 2.30. The minimum atomic E-state index is -1.38. The molecular weight excluding hydrogens is 462 g/mol. The monoisotopic (exact) mass is 488 g/mol. The first-order chi connectivity index (χ1) is 17.4. The molecule has 0 spiro atoms. The van der Waals surface area contributed by atoms with E-state index in [2.05, 4.69) is 42.6 Å². The molecule has 1 aliphatic rings. The molecule has 0 radical (unpaired) electrons. The average Bonchev–Trinajstić information content (AvgIpc) is 2.88. The van der Waals surface area contributed by atoms with Gasteiger partial charge in [0.15, 0.2) is 5.82 Å². The van der Waals surface area contributed by atoms with Crippen LogP contribution in [0, 0.1) is 11.6 Å². The van der Waals surface area contributed by atoms with E-state index in [1.165, 1.54) is 34.5 Å². The number of hydrogen-bond donors (Lipinski definition) is 2. The zero-order valence-electron chi connectivity index (χ0n) is 19.7. The molecule has 4 aromatic rings. The van der Waals surface area contributed by atoms with Gasteiger partial charge in [0, 0.05) is 11.7 Å². The molecule has 0 amide bonds. The molecule has 184 valence electrons. The number of para-hydroxylation sites is 1. The fourth-order valence-electron chi connectivity index (χ4n) is 4.79. The molecule has 0 bridgehead atoms. The molecule has 1 unspecified atom stereocenters.